The number of thioether (sulfide) groups is 1. The minimum absolute atomic E-state index is 0.0285. The van der Waals surface area contributed by atoms with Crippen LogP contribution in [0.3, 0.4) is 0 Å². The molecule has 140 valence electrons. The van der Waals surface area contributed by atoms with E-state index in [1.54, 1.807) is 0 Å². The molecule has 1 heterocycles. The number of benzene rings is 2. The smallest absolute Gasteiger partial charge is 0.234 e. The van der Waals surface area contributed by atoms with E-state index >= 15 is 0 Å². The number of aromatic nitrogens is 2. The van der Waals surface area contributed by atoms with Crippen LogP contribution < -0.4 is 10.6 Å². The highest BCUT2D eigenvalue weighted by molar-refractivity contribution is 7.99. The number of rotatable bonds is 6. The van der Waals surface area contributed by atoms with Crippen LogP contribution in [0.4, 0.5) is 15.8 Å². The van der Waals surface area contributed by atoms with Gasteiger partial charge in [-0.15, -0.1) is 0 Å². The standard InChI is InChI=1S/C19H19FN4O2S/c1-3-24-17-7-5-4-6-15(17)23-19(24)27-11-18(26)22-13-8-9-14(20)16(10-13)21-12(2)25/h4-10H,3,11H2,1-2H3,(H,21,25)(H,22,26). The van der Waals surface area contributed by atoms with Crippen molar-refractivity contribution in [2.75, 3.05) is 16.4 Å². The van der Waals surface area contributed by atoms with Crippen LogP contribution in [0.1, 0.15) is 13.8 Å². The van der Waals surface area contributed by atoms with E-state index in [2.05, 4.69) is 20.2 Å². The van der Waals surface area contributed by atoms with Crippen molar-refractivity contribution in [2.24, 2.45) is 0 Å². The Kier molecular flexibility index (Phi) is 5.75. The van der Waals surface area contributed by atoms with Gasteiger partial charge in [-0.1, -0.05) is 23.9 Å². The maximum atomic E-state index is 13.7. The highest BCUT2D eigenvalue weighted by atomic mass is 32.2. The molecule has 0 aliphatic carbocycles. The van der Waals surface area contributed by atoms with E-state index in [-0.39, 0.29) is 23.3 Å². The first-order valence-corrected chi connectivity index (χ1v) is 9.41. The van der Waals surface area contributed by atoms with Crippen molar-refractivity contribution in [3.63, 3.8) is 0 Å². The molecule has 6 nitrogen and oxygen atoms in total. The third kappa shape index (κ3) is 4.46. The maximum absolute atomic E-state index is 13.7. The molecule has 0 unspecified atom stereocenters. The molecule has 8 heteroatoms. The lowest BCUT2D eigenvalue weighted by Gasteiger charge is -2.09. The lowest BCUT2D eigenvalue weighted by molar-refractivity contribution is -0.114. The first kappa shape index (κ1) is 18.9. The maximum Gasteiger partial charge on any atom is 0.234 e. The summed E-state index contributed by atoms with van der Waals surface area (Å²) in [6.07, 6.45) is 0. The molecule has 1 aromatic heterocycles. The Hall–Kier alpha value is -2.87. The first-order chi connectivity index (χ1) is 13.0. The summed E-state index contributed by atoms with van der Waals surface area (Å²) in [6, 6.07) is 11.9. The topological polar surface area (TPSA) is 76.0 Å². The Morgan fingerprint density at radius 3 is 2.70 bits per heavy atom. The van der Waals surface area contributed by atoms with Crippen LogP contribution in [0.15, 0.2) is 47.6 Å². The quantitative estimate of drug-likeness (QED) is 0.631. The Balaban J connectivity index is 1.68. The number of para-hydroxylation sites is 2. The van der Waals surface area contributed by atoms with Gasteiger partial charge < -0.3 is 15.2 Å². The van der Waals surface area contributed by atoms with E-state index in [9.17, 15) is 14.0 Å². The zero-order valence-electron chi connectivity index (χ0n) is 15.0. The average Bonchev–Trinajstić information content (AvgIpc) is 3.00. The van der Waals surface area contributed by atoms with E-state index in [1.807, 2.05) is 31.2 Å². The number of nitrogens with zero attached hydrogens (tertiary/aromatic N) is 2. The summed E-state index contributed by atoms with van der Waals surface area (Å²) in [6.45, 7) is 4.07. The van der Waals surface area contributed by atoms with E-state index in [0.717, 1.165) is 22.7 Å². The normalized spacial score (nSPS) is 10.8. The second-order valence-electron chi connectivity index (χ2n) is 5.84. The van der Waals surface area contributed by atoms with Gasteiger partial charge in [-0.2, -0.15) is 0 Å². The predicted molar refractivity (Wildman–Crippen MR) is 105 cm³/mol. The molecule has 3 rings (SSSR count). The number of halogens is 1. The molecule has 2 amide bonds. The number of hydrogen-bond donors (Lipinski definition) is 2. The molecule has 0 aliphatic rings. The molecule has 0 atom stereocenters. The molecule has 3 aromatic rings. The average molecular weight is 386 g/mol. The number of imidazole rings is 1. The first-order valence-electron chi connectivity index (χ1n) is 8.43. The van der Waals surface area contributed by atoms with Gasteiger partial charge in [-0.05, 0) is 37.3 Å². The minimum atomic E-state index is -0.561. The Bertz CT molecular complexity index is 1000. The molecule has 2 aromatic carbocycles. The molecule has 27 heavy (non-hydrogen) atoms. The number of anilines is 2. The van der Waals surface area contributed by atoms with Crippen LogP contribution in [0.5, 0.6) is 0 Å². The number of hydrogen-bond acceptors (Lipinski definition) is 4. The minimum Gasteiger partial charge on any atom is -0.325 e. The van der Waals surface area contributed by atoms with Gasteiger partial charge in [0.2, 0.25) is 11.8 Å². The van der Waals surface area contributed by atoms with Gasteiger partial charge in [0.25, 0.3) is 0 Å². The summed E-state index contributed by atoms with van der Waals surface area (Å²) >= 11 is 1.34. The summed E-state index contributed by atoms with van der Waals surface area (Å²) in [5.41, 5.74) is 2.36. The number of aryl methyl sites for hydroxylation is 1. The van der Waals surface area contributed by atoms with Crippen molar-refractivity contribution in [1.82, 2.24) is 9.55 Å². The van der Waals surface area contributed by atoms with Crippen LogP contribution in [-0.2, 0) is 16.1 Å². The number of fused-ring (bicyclic) bond motifs is 1. The fraction of sp³-hybridized carbons (Fsp3) is 0.211. The van der Waals surface area contributed by atoms with E-state index in [0.29, 0.717) is 5.69 Å². The third-order valence-corrected chi connectivity index (χ3v) is 4.81. The lowest BCUT2D eigenvalue weighted by Crippen LogP contribution is -2.15. The fourth-order valence-electron chi connectivity index (χ4n) is 2.68. The number of carbonyl (C=O) groups excluding carboxylic acids is 2. The Morgan fingerprint density at radius 2 is 1.96 bits per heavy atom. The molecule has 0 bridgehead atoms. The summed E-state index contributed by atoms with van der Waals surface area (Å²) in [4.78, 5) is 28.0. The largest absolute Gasteiger partial charge is 0.325 e. The zero-order valence-corrected chi connectivity index (χ0v) is 15.8. The number of nitrogens with one attached hydrogen (secondary N) is 2. The van der Waals surface area contributed by atoms with Gasteiger partial charge in [-0.25, -0.2) is 9.37 Å². The zero-order chi connectivity index (χ0) is 19.4. The molecule has 0 saturated heterocycles. The van der Waals surface area contributed by atoms with Crippen molar-refractivity contribution in [3.05, 3.63) is 48.3 Å². The van der Waals surface area contributed by atoms with E-state index in [1.165, 1.54) is 36.9 Å². The molecule has 0 fully saturated rings. The Morgan fingerprint density at radius 1 is 1.19 bits per heavy atom. The van der Waals surface area contributed by atoms with Crippen LogP contribution in [-0.4, -0.2) is 27.1 Å². The number of amides is 2. The van der Waals surface area contributed by atoms with Crippen molar-refractivity contribution in [2.45, 2.75) is 25.5 Å². The van der Waals surface area contributed by atoms with Crippen molar-refractivity contribution >= 4 is 46.0 Å². The van der Waals surface area contributed by atoms with Gasteiger partial charge >= 0.3 is 0 Å². The van der Waals surface area contributed by atoms with Crippen LogP contribution >= 0.6 is 11.8 Å². The van der Waals surface area contributed by atoms with Crippen molar-refractivity contribution in [3.8, 4) is 0 Å². The van der Waals surface area contributed by atoms with Crippen LogP contribution in [0.25, 0.3) is 11.0 Å². The van der Waals surface area contributed by atoms with Gasteiger partial charge in [0.1, 0.15) is 5.82 Å². The van der Waals surface area contributed by atoms with Crippen LogP contribution in [0, 0.1) is 5.82 Å². The summed E-state index contributed by atoms with van der Waals surface area (Å²) in [5, 5.41) is 5.87. The van der Waals surface area contributed by atoms with Gasteiger partial charge in [0, 0.05) is 19.2 Å². The highest BCUT2D eigenvalue weighted by Gasteiger charge is 2.13. The summed E-state index contributed by atoms with van der Waals surface area (Å²) < 4.78 is 15.7. The van der Waals surface area contributed by atoms with Crippen molar-refractivity contribution in [1.29, 1.82) is 0 Å². The van der Waals surface area contributed by atoms with Gasteiger partial charge in [-0.3, -0.25) is 9.59 Å². The Labute approximate surface area is 160 Å². The molecular weight excluding hydrogens is 367 g/mol. The molecule has 2 N–H and O–H groups in total. The lowest BCUT2D eigenvalue weighted by atomic mass is 10.2. The predicted octanol–water partition coefficient (Wildman–Crippen LogP) is 3.88. The second kappa shape index (κ2) is 8.22. The highest BCUT2D eigenvalue weighted by Crippen LogP contribution is 2.25. The second-order valence-corrected chi connectivity index (χ2v) is 6.78. The van der Waals surface area contributed by atoms with Crippen molar-refractivity contribution < 1.29 is 14.0 Å². The van der Waals surface area contributed by atoms with E-state index < -0.39 is 5.82 Å². The molecular formula is C19H19FN4O2S. The molecule has 0 spiro atoms. The SMILES string of the molecule is CCn1c(SCC(=O)Nc2ccc(F)c(NC(C)=O)c2)nc2ccccc21. The molecule has 0 saturated carbocycles. The van der Waals surface area contributed by atoms with Crippen LogP contribution in [0.2, 0.25) is 0 Å². The summed E-state index contributed by atoms with van der Waals surface area (Å²) in [5.74, 6) is -1.02. The molecule has 0 radical (unpaired) electrons. The molecule has 0 aliphatic heterocycles. The fourth-order valence-corrected chi connectivity index (χ4v) is 3.56. The number of carbonyl (C=O) groups is 2. The van der Waals surface area contributed by atoms with Gasteiger partial charge in [0.15, 0.2) is 5.16 Å². The van der Waals surface area contributed by atoms with Gasteiger partial charge in [0.05, 0.1) is 22.5 Å². The van der Waals surface area contributed by atoms with E-state index in [4.69, 9.17) is 0 Å². The summed E-state index contributed by atoms with van der Waals surface area (Å²) in [7, 11) is 0. The monoisotopic (exact) mass is 386 g/mol. The third-order valence-electron chi connectivity index (χ3n) is 3.83.